The second-order valence-corrected chi connectivity index (χ2v) is 5.31. The van der Waals surface area contributed by atoms with Crippen LogP contribution in [-0.2, 0) is 16.1 Å². The first-order chi connectivity index (χ1) is 9.33. The second-order valence-electron chi connectivity index (χ2n) is 5.31. The highest BCUT2D eigenvalue weighted by atomic mass is 16.6. The number of anilines is 1. The van der Waals surface area contributed by atoms with E-state index in [4.69, 9.17) is 10.5 Å². The predicted molar refractivity (Wildman–Crippen MR) is 73.5 cm³/mol. The minimum absolute atomic E-state index is 0.0626. The average molecular weight is 275 g/mol. The van der Waals surface area contributed by atoms with Gasteiger partial charge in [0.15, 0.2) is 0 Å². The number of hydrogen-bond acceptors (Lipinski definition) is 6. The van der Waals surface area contributed by atoms with E-state index in [0.29, 0.717) is 5.69 Å². The lowest BCUT2D eigenvalue weighted by atomic mass is 10.2. The van der Waals surface area contributed by atoms with Gasteiger partial charge in [-0.1, -0.05) is 0 Å². The third-order valence-electron chi connectivity index (χ3n) is 2.32. The number of hydrogen-bond donors (Lipinski definition) is 1. The van der Waals surface area contributed by atoms with Crippen LogP contribution in [0.15, 0.2) is 24.7 Å². The number of carbonyl (C=O) groups is 1. The van der Waals surface area contributed by atoms with E-state index in [1.165, 1.54) is 4.68 Å². The van der Waals surface area contributed by atoms with Gasteiger partial charge in [-0.15, -0.1) is 0 Å². The van der Waals surface area contributed by atoms with Crippen LogP contribution in [-0.4, -0.2) is 31.3 Å². The van der Waals surface area contributed by atoms with Crippen LogP contribution in [0.5, 0.6) is 0 Å². The maximum absolute atomic E-state index is 11.7. The molecule has 106 valence electrons. The molecule has 0 unspecified atom stereocenters. The molecule has 0 amide bonds. The molecule has 20 heavy (non-hydrogen) atoms. The molecule has 7 nitrogen and oxygen atoms in total. The number of carbonyl (C=O) groups excluding carboxylic acids is 1. The molecule has 7 heteroatoms. The van der Waals surface area contributed by atoms with Gasteiger partial charge in [0.25, 0.3) is 0 Å². The summed E-state index contributed by atoms with van der Waals surface area (Å²) in [5, 5.41) is 4.28. The topological polar surface area (TPSA) is 95.9 Å². The first-order valence-electron chi connectivity index (χ1n) is 6.17. The van der Waals surface area contributed by atoms with Crippen LogP contribution >= 0.6 is 0 Å². The average Bonchev–Trinajstić information content (AvgIpc) is 2.75. The zero-order valence-electron chi connectivity index (χ0n) is 11.7. The third kappa shape index (κ3) is 3.78. The molecule has 0 aliphatic carbocycles. The Labute approximate surface area is 116 Å². The van der Waals surface area contributed by atoms with Crippen molar-refractivity contribution in [2.75, 3.05) is 5.73 Å². The molecule has 0 aliphatic heterocycles. The molecule has 0 spiro atoms. The van der Waals surface area contributed by atoms with E-state index in [1.54, 1.807) is 24.7 Å². The van der Waals surface area contributed by atoms with E-state index >= 15 is 0 Å². The Hall–Kier alpha value is -2.44. The summed E-state index contributed by atoms with van der Waals surface area (Å²) < 4.78 is 6.75. The molecular formula is C13H17N5O2. The van der Waals surface area contributed by atoms with E-state index in [0.717, 1.165) is 5.56 Å². The largest absolute Gasteiger partial charge is 0.459 e. The van der Waals surface area contributed by atoms with E-state index in [1.807, 2.05) is 20.8 Å². The molecule has 2 heterocycles. The second kappa shape index (κ2) is 5.28. The molecule has 2 N–H and O–H groups in total. The summed E-state index contributed by atoms with van der Waals surface area (Å²) in [5.41, 5.74) is 6.34. The van der Waals surface area contributed by atoms with E-state index < -0.39 is 5.60 Å². The standard InChI is InChI=1S/C13H17N5O2/c1-13(2,3)20-11(19)8-18-5-4-10(17-18)9-6-15-12(14)16-7-9/h4-7H,8H2,1-3H3,(H2,14,15,16). The van der Waals surface area contributed by atoms with Crippen molar-refractivity contribution in [1.29, 1.82) is 0 Å². The van der Waals surface area contributed by atoms with Gasteiger partial charge in [0.05, 0.1) is 5.69 Å². The number of aromatic nitrogens is 4. The Balaban J connectivity index is 2.06. The van der Waals surface area contributed by atoms with Crippen molar-refractivity contribution in [3.63, 3.8) is 0 Å². The molecule has 0 aliphatic rings. The summed E-state index contributed by atoms with van der Waals surface area (Å²) in [6.45, 7) is 5.54. The Bertz CT molecular complexity index is 598. The Kier molecular flexibility index (Phi) is 3.69. The van der Waals surface area contributed by atoms with Gasteiger partial charge in [0, 0.05) is 24.2 Å². The highest BCUT2D eigenvalue weighted by molar-refractivity contribution is 5.69. The van der Waals surface area contributed by atoms with Crippen LogP contribution in [0.3, 0.4) is 0 Å². The Morgan fingerprint density at radius 3 is 2.60 bits per heavy atom. The first-order valence-corrected chi connectivity index (χ1v) is 6.17. The van der Waals surface area contributed by atoms with Crippen LogP contribution < -0.4 is 5.73 Å². The maximum atomic E-state index is 11.7. The molecule has 2 aromatic heterocycles. The third-order valence-corrected chi connectivity index (χ3v) is 2.32. The number of rotatable bonds is 3. The van der Waals surface area contributed by atoms with Crippen LogP contribution in [0, 0.1) is 0 Å². The van der Waals surface area contributed by atoms with E-state index in [2.05, 4.69) is 15.1 Å². The van der Waals surface area contributed by atoms with Crippen molar-refractivity contribution >= 4 is 11.9 Å². The zero-order chi connectivity index (χ0) is 14.8. The molecule has 0 radical (unpaired) electrons. The Morgan fingerprint density at radius 1 is 1.35 bits per heavy atom. The van der Waals surface area contributed by atoms with Crippen LogP contribution in [0.2, 0.25) is 0 Å². The molecule has 0 aromatic carbocycles. The number of nitrogen functional groups attached to an aromatic ring is 1. The van der Waals surface area contributed by atoms with Crippen molar-refractivity contribution in [3.05, 3.63) is 24.7 Å². The van der Waals surface area contributed by atoms with Crippen molar-refractivity contribution in [2.24, 2.45) is 0 Å². The fourth-order valence-electron chi connectivity index (χ4n) is 1.58. The number of nitrogens with two attached hydrogens (primary N) is 1. The van der Waals surface area contributed by atoms with Gasteiger partial charge in [-0.3, -0.25) is 9.48 Å². The molecule has 2 aromatic rings. The summed E-state index contributed by atoms with van der Waals surface area (Å²) in [6.07, 6.45) is 4.88. The fraction of sp³-hybridized carbons (Fsp3) is 0.385. The summed E-state index contributed by atoms with van der Waals surface area (Å²) in [5.74, 6) is -0.123. The number of ether oxygens (including phenoxy) is 1. The van der Waals surface area contributed by atoms with Crippen LogP contribution in [0.4, 0.5) is 5.95 Å². The van der Waals surface area contributed by atoms with Crippen molar-refractivity contribution in [2.45, 2.75) is 32.9 Å². The van der Waals surface area contributed by atoms with Gasteiger partial charge >= 0.3 is 5.97 Å². The zero-order valence-corrected chi connectivity index (χ0v) is 11.7. The van der Waals surface area contributed by atoms with Gasteiger partial charge in [0.2, 0.25) is 5.95 Å². The van der Waals surface area contributed by atoms with Gasteiger partial charge in [-0.25, -0.2) is 9.97 Å². The summed E-state index contributed by atoms with van der Waals surface area (Å²) in [4.78, 5) is 19.5. The highest BCUT2D eigenvalue weighted by Gasteiger charge is 2.17. The quantitative estimate of drug-likeness (QED) is 0.847. The fourth-order valence-corrected chi connectivity index (χ4v) is 1.58. The molecule has 0 saturated carbocycles. The highest BCUT2D eigenvalue weighted by Crippen LogP contribution is 2.15. The van der Waals surface area contributed by atoms with Crippen LogP contribution in [0.25, 0.3) is 11.3 Å². The molecule has 0 bridgehead atoms. The van der Waals surface area contributed by atoms with E-state index in [9.17, 15) is 4.79 Å². The smallest absolute Gasteiger partial charge is 0.328 e. The molecule has 0 atom stereocenters. The predicted octanol–water partition coefficient (Wildman–Crippen LogP) is 1.26. The number of nitrogens with zero attached hydrogens (tertiary/aromatic N) is 4. The summed E-state index contributed by atoms with van der Waals surface area (Å²) >= 11 is 0. The minimum Gasteiger partial charge on any atom is -0.459 e. The molecule has 0 fully saturated rings. The van der Waals surface area contributed by atoms with Crippen molar-refractivity contribution in [3.8, 4) is 11.3 Å². The first kappa shape index (κ1) is 14.0. The van der Waals surface area contributed by atoms with Gasteiger partial charge < -0.3 is 10.5 Å². The maximum Gasteiger partial charge on any atom is 0.328 e. The SMILES string of the molecule is CC(C)(C)OC(=O)Cn1ccc(-c2cnc(N)nc2)n1. The normalized spacial score (nSPS) is 11.3. The minimum atomic E-state index is -0.502. The molecule has 0 saturated heterocycles. The van der Waals surface area contributed by atoms with Crippen LogP contribution in [0.1, 0.15) is 20.8 Å². The summed E-state index contributed by atoms with van der Waals surface area (Å²) in [6, 6.07) is 1.78. The van der Waals surface area contributed by atoms with Gasteiger partial charge in [-0.05, 0) is 26.8 Å². The Morgan fingerprint density at radius 2 is 2.00 bits per heavy atom. The molecule has 2 rings (SSSR count). The van der Waals surface area contributed by atoms with Crippen molar-refractivity contribution in [1.82, 2.24) is 19.7 Å². The monoisotopic (exact) mass is 275 g/mol. The summed E-state index contributed by atoms with van der Waals surface area (Å²) in [7, 11) is 0. The lowest BCUT2D eigenvalue weighted by molar-refractivity contribution is -0.155. The number of esters is 1. The lowest BCUT2D eigenvalue weighted by Crippen LogP contribution is -2.26. The van der Waals surface area contributed by atoms with E-state index in [-0.39, 0.29) is 18.5 Å². The lowest BCUT2D eigenvalue weighted by Gasteiger charge is -2.19. The van der Waals surface area contributed by atoms with Gasteiger partial charge in [0.1, 0.15) is 12.1 Å². The molecular weight excluding hydrogens is 258 g/mol. The van der Waals surface area contributed by atoms with Gasteiger partial charge in [-0.2, -0.15) is 5.10 Å². The van der Waals surface area contributed by atoms with Crippen molar-refractivity contribution < 1.29 is 9.53 Å².